The molecule has 0 radical (unpaired) electrons. The van der Waals surface area contributed by atoms with E-state index in [1.54, 1.807) is 6.07 Å². The van der Waals surface area contributed by atoms with Crippen molar-refractivity contribution in [2.24, 2.45) is 0 Å². The first-order chi connectivity index (χ1) is 7.81. The molecule has 0 saturated heterocycles. The van der Waals surface area contributed by atoms with Crippen LogP contribution in [0.15, 0.2) is 28.8 Å². The van der Waals surface area contributed by atoms with Crippen LogP contribution in [0.5, 0.6) is 0 Å². The Morgan fingerprint density at radius 1 is 1.38 bits per heavy atom. The molecule has 1 aromatic carbocycles. The minimum absolute atomic E-state index is 0.457. The van der Waals surface area contributed by atoms with Crippen LogP contribution >= 0.6 is 11.6 Å². The van der Waals surface area contributed by atoms with Crippen molar-refractivity contribution in [1.82, 2.24) is 15.5 Å². The van der Waals surface area contributed by atoms with E-state index in [1.807, 2.05) is 25.1 Å². The van der Waals surface area contributed by atoms with Crippen LogP contribution in [-0.2, 0) is 6.54 Å². The summed E-state index contributed by atoms with van der Waals surface area (Å²) in [6, 6.07) is 7.40. The Morgan fingerprint density at radius 3 is 2.94 bits per heavy atom. The number of nitrogens with zero attached hydrogens (tertiary/aromatic N) is 2. The van der Waals surface area contributed by atoms with E-state index in [1.165, 1.54) is 0 Å². The highest BCUT2D eigenvalue weighted by Gasteiger charge is 2.10. The summed E-state index contributed by atoms with van der Waals surface area (Å²) < 4.78 is 5.14. The molecule has 0 saturated carbocycles. The molecular weight excluding hydrogens is 226 g/mol. The van der Waals surface area contributed by atoms with Crippen LogP contribution in [0, 0.1) is 0 Å². The van der Waals surface area contributed by atoms with E-state index in [9.17, 15) is 0 Å². The molecule has 1 N–H and O–H groups in total. The third-order valence-corrected chi connectivity index (χ3v) is 2.44. The minimum atomic E-state index is 0.457. The molecule has 0 bridgehead atoms. The molecule has 0 atom stereocenters. The zero-order valence-electron chi connectivity index (χ0n) is 8.90. The molecule has 2 rings (SSSR count). The van der Waals surface area contributed by atoms with E-state index in [4.69, 9.17) is 16.1 Å². The molecule has 0 unspecified atom stereocenters. The van der Waals surface area contributed by atoms with Crippen molar-refractivity contribution < 1.29 is 4.52 Å². The standard InChI is InChI=1S/C11H12ClN3O/c1-2-13-7-10-14-11(16-15-10)8-5-3-4-6-9(8)12/h3-6,13H,2,7H2,1H3. The average Bonchev–Trinajstić information content (AvgIpc) is 2.75. The lowest BCUT2D eigenvalue weighted by atomic mass is 10.2. The second-order valence-electron chi connectivity index (χ2n) is 3.28. The van der Waals surface area contributed by atoms with Gasteiger partial charge in [-0.15, -0.1) is 0 Å². The van der Waals surface area contributed by atoms with Gasteiger partial charge in [-0.05, 0) is 18.7 Å². The molecule has 5 heteroatoms. The minimum Gasteiger partial charge on any atom is -0.334 e. The molecule has 84 valence electrons. The van der Waals surface area contributed by atoms with Crippen LogP contribution < -0.4 is 5.32 Å². The molecule has 1 heterocycles. The fraction of sp³-hybridized carbons (Fsp3) is 0.273. The van der Waals surface area contributed by atoms with Gasteiger partial charge in [0, 0.05) is 0 Å². The molecule has 0 aliphatic rings. The van der Waals surface area contributed by atoms with Gasteiger partial charge in [0.1, 0.15) is 0 Å². The second-order valence-corrected chi connectivity index (χ2v) is 3.68. The SMILES string of the molecule is CCNCc1noc(-c2ccccc2Cl)n1. The predicted molar refractivity (Wildman–Crippen MR) is 62.1 cm³/mol. The zero-order chi connectivity index (χ0) is 11.4. The first-order valence-corrected chi connectivity index (χ1v) is 5.47. The first kappa shape index (κ1) is 11.1. The number of aromatic nitrogens is 2. The summed E-state index contributed by atoms with van der Waals surface area (Å²) in [4.78, 5) is 4.25. The monoisotopic (exact) mass is 237 g/mol. The topological polar surface area (TPSA) is 51.0 Å². The van der Waals surface area contributed by atoms with Gasteiger partial charge in [-0.2, -0.15) is 4.98 Å². The van der Waals surface area contributed by atoms with Crippen LogP contribution in [0.4, 0.5) is 0 Å². The highest BCUT2D eigenvalue weighted by molar-refractivity contribution is 6.33. The summed E-state index contributed by atoms with van der Waals surface area (Å²) in [6.07, 6.45) is 0. The largest absolute Gasteiger partial charge is 0.334 e. The molecule has 0 aliphatic carbocycles. The summed E-state index contributed by atoms with van der Waals surface area (Å²) in [5, 5.41) is 7.60. The Labute approximate surface area is 98.6 Å². The number of rotatable bonds is 4. The van der Waals surface area contributed by atoms with Gasteiger partial charge in [-0.1, -0.05) is 35.8 Å². The van der Waals surface area contributed by atoms with Crippen molar-refractivity contribution in [2.75, 3.05) is 6.54 Å². The molecule has 0 amide bonds. The van der Waals surface area contributed by atoms with E-state index in [2.05, 4.69) is 15.5 Å². The molecular formula is C11H12ClN3O. The van der Waals surface area contributed by atoms with Gasteiger partial charge in [0.25, 0.3) is 5.89 Å². The molecule has 16 heavy (non-hydrogen) atoms. The molecule has 0 spiro atoms. The van der Waals surface area contributed by atoms with Crippen molar-refractivity contribution in [3.05, 3.63) is 35.1 Å². The maximum absolute atomic E-state index is 6.03. The molecule has 0 fully saturated rings. The summed E-state index contributed by atoms with van der Waals surface area (Å²) in [5.74, 6) is 1.09. The quantitative estimate of drug-likeness (QED) is 0.888. The van der Waals surface area contributed by atoms with E-state index in [0.29, 0.717) is 23.3 Å². The van der Waals surface area contributed by atoms with Gasteiger partial charge < -0.3 is 9.84 Å². The van der Waals surface area contributed by atoms with Crippen molar-refractivity contribution in [1.29, 1.82) is 0 Å². The lowest BCUT2D eigenvalue weighted by Gasteiger charge is -1.96. The number of halogens is 1. The number of hydrogen-bond acceptors (Lipinski definition) is 4. The first-order valence-electron chi connectivity index (χ1n) is 5.09. The lowest BCUT2D eigenvalue weighted by Crippen LogP contribution is -2.12. The maximum Gasteiger partial charge on any atom is 0.259 e. The normalized spacial score (nSPS) is 10.6. The Balaban J connectivity index is 2.22. The predicted octanol–water partition coefficient (Wildman–Crippen LogP) is 2.50. The summed E-state index contributed by atoms with van der Waals surface area (Å²) in [5.41, 5.74) is 0.763. The van der Waals surface area contributed by atoms with Crippen molar-refractivity contribution in [3.8, 4) is 11.5 Å². The Bertz CT molecular complexity index is 470. The third kappa shape index (κ3) is 2.40. The van der Waals surface area contributed by atoms with Crippen molar-refractivity contribution in [3.63, 3.8) is 0 Å². The van der Waals surface area contributed by atoms with E-state index in [-0.39, 0.29) is 0 Å². The Hall–Kier alpha value is -1.39. The van der Waals surface area contributed by atoms with Gasteiger partial charge in [-0.25, -0.2) is 0 Å². The fourth-order valence-electron chi connectivity index (χ4n) is 1.31. The zero-order valence-corrected chi connectivity index (χ0v) is 9.66. The third-order valence-electron chi connectivity index (χ3n) is 2.11. The van der Waals surface area contributed by atoms with Crippen LogP contribution in [0.25, 0.3) is 11.5 Å². The lowest BCUT2D eigenvalue weighted by molar-refractivity contribution is 0.420. The molecule has 1 aromatic heterocycles. The van der Waals surface area contributed by atoms with Crippen LogP contribution in [0.2, 0.25) is 5.02 Å². The van der Waals surface area contributed by atoms with Crippen LogP contribution in [0.3, 0.4) is 0 Å². The van der Waals surface area contributed by atoms with Crippen LogP contribution in [-0.4, -0.2) is 16.7 Å². The average molecular weight is 238 g/mol. The molecule has 4 nitrogen and oxygen atoms in total. The summed E-state index contributed by atoms with van der Waals surface area (Å²) >= 11 is 6.03. The molecule has 2 aromatic rings. The summed E-state index contributed by atoms with van der Waals surface area (Å²) in [6.45, 7) is 3.50. The van der Waals surface area contributed by atoms with E-state index < -0.39 is 0 Å². The van der Waals surface area contributed by atoms with Gasteiger partial charge in [-0.3, -0.25) is 0 Å². The van der Waals surface area contributed by atoms with E-state index in [0.717, 1.165) is 12.1 Å². The number of benzene rings is 1. The van der Waals surface area contributed by atoms with Gasteiger partial charge >= 0.3 is 0 Å². The van der Waals surface area contributed by atoms with Gasteiger partial charge in [0.05, 0.1) is 17.1 Å². The van der Waals surface area contributed by atoms with Gasteiger partial charge in [0.2, 0.25) is 0 Å². The second kappa shape index (κ2) is 5.09. The van der Waals surface area contributed by atoms with Crippen molar-refractivity contribution >= 4 is 11.6 Å². The Morgan fingerprint density at radius 2 is 2.19 bits per heavy atom. The number of nitrogens with one attached hydrogen (secondary N) is 1. The van der Waals surface area contributed by atoms with Gasteiger partial charge in [0.15, 0.2) is 5.82 Å². The maximum atomic E-state index is 6.03. The fourth-order valence-corrected chi connectivity index (χ4v) is 1.52. The van der Waals surface area contributed by atoms with E-state index >= 15 is 0 Å². The Kier molecular flexibility index (Phi) is 3.54. The van der Waals surface area contributed by atoms with Crippen LogP contribution in [0.1, 0.15) is 12.7 Å². The highest BCUT2D eigenvalue weighted by atomic mass is 35.5. The number of hydrogen-bond donors (Lipinski definition) is 1. The smallest absolute Gasteiger partial charge is 0.259 e. The summed E-state index contributed by atoms with van der Waals surface area (Å²) in [7, 11) is 0. The van der Waals surface area contributed by atoms with Crippen molar-refractivity contribution in [2.45, 2.75) is 13.5 Å². The highest BCUT2D eigenvalue weighted by Crippen LogP contribution is 2.25. The molecule has 0 aliphatic heterocycles.